The highest BCUT2D eigenvalue weighted by Crippen LogP contribution is 2.39. The Hall–Kier alpha value is 0.0700. The summed E-state index contributed by atoms with van der Waals surface area (Å²) in [5.74, 6) is -0.693. The minimum atomic E-state index is -3.91. The van der Waals surface area contributed by atoms with Crippen LogP contribution >= 0.6 is 7.60 Å². The number of piperazine rings is 1. The minimum absolute atomic E-state index is 0.351. The summed E-state index contributed by atoms with van der Waals surface area (Å²) in [4.78, 5) is 17.3. The first-order valence-corrected chi connectivity index (χ1v) is 4.78. The van der Waals surface area contributed by atoms with E-state index in [1.54, 1.807) is 0 Å². The molecular weight excluding hydrogens is 155 g/mol. The van der Waals surface area contributed by atoms with Crippen molar-refractivity contribution in [3.63, 3.8) is 0 Å². The van der Waals surface area contributed by atoms with E-state index < -0.39 is 13.4 Å². The molecule has 0 saturated carbocycles. The van der Waals surface area contributed by atoms with Gasteiger partial charge in [-0.15, -0.1) is 0 Å². The van der Waals surface area contributed by atoms with Crippen LogP contribution in [0, 0.1) is 0 Å². The van der Waals surface area contributed by atoms with E-state index in [1.807, 2.05) is 0 Å². The van der Waals surface area contributed by atoms with Gasteiger partial charge in [0.25, 0.3) is 0 Å². The predicted molar refractivity (Wildman–Crippen MR) is 36.7 cm³/mol. The molecule has 0 aromatic rings. The van der Waals surface area contributed by atoms with Crippen LogP contribution in [0.25, 0.3) is 0 Å². The van der Waals surface area contributed by atoms with Crippen LogP contribution in [-0.2, 0) is 4.57 Å². The Bertz CT molecular complexity index is 151. The Balaban J connectivity index is 2.47. The SMILES string of the molecule is O=P(O)(O)C1CNCCN1. The summed E-state index contributed by atoms with van der Waals surface area (Å²) in [5.41, 5.74) is 0. The molecule has 4 N–H and O–H groups in total. The van der Waals surface area contributed by atoms with Crippen molar-refractivity contribution in [2.24, 2.45) is 0 Å². The predicted octanol–water partition coefficient (Wildman–Crippen LogP) is -1.32. The summed E-state index contributed by atoms with van der Waals surface area (Å²) in [5, 5.41) is 5.62. The average molecular weight is 166 g/mol. The first-order chi connectivity index (χ1) is 4.61. The number of hydrogen-bond donors (Lipinski definition) is 4. The molecule has 0 aliphatic carbocycles. The second-order valence-electron chi connectivity index (χ2n) is 2.26. The highest BCUT2D eigenvalue weighted by atomic mass is 31.2. The first kappa shape index (κ1) is 8.17. The second-order valence-corrected chi connectivity index (χ2v) is 4.06. The van der Waals surface area contributed by atoms with E-state index in [1.165, 1.54) is 0 Å². The maximum atomic E-state index is 10.6. The fourth-order valence-electron chi connectivity index (χ4n) is 0.876. The van der Waals surface area contributed by atoms with Crippen molar-refractivity contribution in [2.75, 3.05) is 19.6 Å². The van der Waals surface area contributed by atoms with Gasteiger partial charge in [-0.1, -0.05) is 0 Å². The van der Waals surface area contributed by atoms with E-state index >= 15 is 0 Å². The zero-order valence-electron chi connectivity index (χ0n) is 5.45. The summed E-state index contributed by atoms with van der Waals surface area (Å²) in [6, 6.07) is 0. The van der Waals surface area contributed by atoms with E-state index in [0.29, 0.717) is 13.1 Å². The van der Waals surface area contributed by atoms with Crippen LogP contribution in [0.2, 0.25) is 0 Å². The Morgan fingerprint density at radius 3 is 2.40 bits per heavy atom. The van der Waals surface area contributed by atoms with Crippen LogP contribution in [0.3, 0.4) is 0 Å². The fourth-order valence-corrected chi connectivity index (χ4v) is 1.61. The fraction of sp³-hybridized carbons (Fsp3) is 1.00. The zero-order valence-corrected chi connectivity index (χ0v) is 6.34. The van der Waals surface area contributed by atoms with Crippen molar-refractivity contribution in [3.05, 3.63) is 0 Å². The lowest BCUT2D eigenvalue weighted by molar-refractivity contribution is 0.333. The maximum absolute atomic E-state index is 10.6. The lowest BCUT2D eigenvalue weighted by Crippen LogP contribution is -2.47. The Labute approximate surface area is 59.0 Å². The summed E-state index contributed by atoms with van der Waals surface area (Å²) in [7, 11) is -3.91. The molecule has 0 spiro atoms. The van der Waals surface area contributed by atoms with Gasteiger partial charge >= 0.3 is 7.60 Å². The molecule has 10 heavy (non-hydrogen) atoms. The van der Waals surface area contributed by atoms with Gasteiger partial charge in [0.1, 0.15) is 5.78 Å². The molecular formula is C4H11N2O3P. The summed E-state index contributed by atoms with van der Waals surface area (Å²) in [6.45, 7) is 1.75. The van der Waals surface area contributed by atoms with Gasteiger partial charge in [-0.05, 0) is 0 Å². The molecule has 1 unspecified atom stereocenters. The number of hydrogen-bond acceptors (Lipinski definition) is 3. The third-order valence-corrected chi connectivity index (χ3v) is 2.60. The molecule has 0 bridgehead atoms. The molecule has 0 amide bonds. The van der Waals surface area contributed by atoms with Crippen LogP contribution in [0.5, 0.6) is 0 Å². The topological polar surface area (TPSA) is 81.6 Å². The number of rotatable bonds is 1. The smallest absolute Gasteiger partial charge is 0.323 e. The molecule has 1 saturated heterocycles. The lowest BCUT2D eigenvalue weighted by atomic mass is 10.4. The Kier molecular flexibility index (Phi) is 2.44. The highest BCUT2D eigenvalue weighted by Gasteiger charge is 2.29. The highest BCUT2D eigenvalue weighted by molar-refractivity contribution is 7.52. The van der Waals surface area contributed by atoms with Crippen molar-refractivity contribution in [1.29, 1.82) is 0 Å². The molecule has 1 rings (SSSR count). The third-order valence-electron chi connectivity index (χ3n) is 1.43. The van der Waals surface area contributed by atoms with Crippen molar-refractivity contribution >= 4 is 7.60 Å². The van der Waals surface area contributed by atoms with Crippen LogP contribution < -0.4 is 10.6 Å². The van der Waals surface area contributed by atoms with E-state index in [4.69, 9.17) is 9.79 Å². The Morgan fingerprint density at radius 1 is 1.40 bits per heavy atom. The summed E-state index contributed by atoms with van der Waals surface area (Å²) in [6.07, 6.45) is 0. The molecule has 1 aliphatic rings. The quantitative estimate of drug-likeness (QED) is 0.363. The molecule has 0 aromatic carbocycles. The second kappa shape index (κ2) is 2.98. The van der Waals surface area contributed by atoms with Crippen LogP contribution in [0.15, 0.2) is 0 Å². The van der Waals surface area contributed by atoms with Crippen molar-refractivity contribution in [2.45, 2.75) is 5.78 Å². The summed E-state index contributed by atoms with van der Waals surface area (Å²) >= 11 is 0. The van der Waals surface area contributed by atoms with Crippen molar-refractivity contribution in [1.82, 2.24) is 10.6 Å². The van der Waals surface area contributed by atoms with Crippen molar-refractivity contribution in [3.8, 4) is 0 Å². The van der Waals surface area contributed by atoms with Gasteiger partial charge in [0.05, 0.1) is 0 Å². The normalized spacial score (nSPS) is 28.4. The maximum Gasteiger partial charge on any atom is 0.343 e. The zero-order chi connectivity index (χ0) is 7.61. The van der Waals surface area contributed by atoms with Crippen LogP contribution in [-0.4, -0.2) is 35.2 Å². The van der Waals surface area contributed by atoms with Crippen LogP contribution in [0.4, 0.5) is 0 Å². The van der Waals surface area contributed by atoms with Gasteiger partial charge in [0.15, 0.2) is 0 Å². The van der Waals surface area contributed by atoms with Gasteiger partial charge in [-0.25, -0.2) is 0 Å². The van der Waals surface area contributed by atoms with Gasteiger partial charge in [0, 0.05) is 19.6 Å². The largest absolute Gasteiger partial charge is 0.343 e. The third kappa shape index (κ3) is 2.04. The molecule has 60 valence electrons. The van der Waals surface area contributed by atoms with Gasteiger partial charge in [-0.3, -0.25) is 4.57 Å². The van der Waals surface area contributed by atoms with E-state index in [0.717, 1.165) is 6.54 Å². The van der Waals surface area contributed by atoms with Crippen molar-refractivity contribution < 1.29 is 14.4 Å². The average Bonchev–Trinajstić information content (AvgIpc) is 1.88. The van der Waals surface area contributed by atoms with E-state index in [-0.39, 0.29) is 0 Å². The van der Waals surface area contributed by atoms with Gasteiger partial charge in [0.2, 0.25) is 0 Å². The monoisotopic (exact) mass is 166 g/mol. The minimum Gasteiger partial charge on any atom is -0.323 e. The molecule has 1 heterocycles. The molecule has 0 aromatic heterocycles. The van der Waals surface area contributed by atoms with E-state index in [9.17, 15) is 4.57 Å². The van der Waals surface area contributed by atoms with Crippen LogP contribution in [0.1, 0.15) is 0 Å². The lowest BCUT2D eigenvalue weighted by Gasteiger charge is -2.24. The molecule has 5 nitrogen and oxygen atoms in total. The number of nitrogens with one attached hydrogen (secondary N) is 2. The standard InChI is InChI=1S/C4H11N2O3P/c7-10(8,9)4-3-5-1-2-6-4/h4-6H,1-3H2,(H2,7,8,9). The molecule has 1 fully saturated rings. The first-order valence-electron chi connectivity index (χ1n) is 3.10. The van der Waals surface area contributed by atoms with Gasteiger partial charge in [-0.2, -0.15) is 0 Å². The molecule has 0 radical (unpaired) electrons. The molecule has 1 atom stereocenters. The molecule has 1 aliphatic heterocycles. The molecule has 6 heteroatoms. The Morgan fingerprint density at radius 2 is 2.10 bits per heavy atom. The van der Waals surface area contributed by atoms with Gasteiger partial charge < -0.3 is 20.4 Å². The van der Waals surface area contributed by atoms with E-state index in [2.05, 4.69) is 10.6 Å². The summed E-state index contributed by atoms with van der Waals surface area (Å²) < 4.78 is 10.6.